The van der Waals surface area contributed by atoms with Crippen molar-refractivity contribution in [1.82, 2.24) is 10.6 Å². The number of hydrogen-bond donors (Lipinski definition) is 7. The first kappa shape index (κ1) is 32.0. The molecule has 12 nitrogen and oxygen atoms in total. The molecule has 0 spiro atoms. The van der Waals surface area contributed by atoms with Crippen LogP contribution in [0.3, 0.4) is 0 Å². The van der Waals surface area contributed by atoms with E-state index in [1.165, 1.54) is 12.8 Å². The van der Waals surface area contributed by atoms with Crippen molar-refractivity contribution < 1.29 is 23.9 Å². The smallest absolute Gasteiger partial charge is 0.407 e. The molecule has 0 radical (unpaired) electrons. The van der Waals surface area contributed by atoms with Crippen LogP contribution >= 0.6 is 0 Å². The Morgan fingerprint density at radius 1 is 0.875 bits per heavy atom. The molecule has 0 aliphatic rings. The Balaban J connectivity index is 0. The molecular weight excluding hydrogens is 418 g/mol. The van der Waals surface area contributed by atoms with E-state index in [0.29, 0.717) is 25.9 Å². The van der Waals surface area contributed by atoms with Gasteiger partial charge >= 0.3 is 12.2 Å². The number of nitrogens with two attached hydrogens (primary N) is 5. The molecule has 3 amide bonds. The largest absolute Gasteiger partial charge is 0.448 e. The van der Waals surface area contributed by atoms with Crippen molar-refractivity contribution in [2.24, 2.45) is 28.7 Å². The number of nitrogens with one attached hydrogen (secondary N) is 2. The topological polar surface area (TPSA) is 224 Å². The van der Waals surface area contributed by atoms with E-state index < -0.39 is 18.2 Å². The SMILES string of the molecule is CCCCN.NCCCCC(COC(=O)NCCOC(N)=O)NC(=O)C(N)CCCCN. The van der Waals surface area contributed by atoms with Gasteiger partial charge in [-0.3, -0.25) is 4.79 Å². The normalized spacial score (nSPS) is 12.0. The van der Waals surface area contributed by atoms with Crippen LogP contribution in [0.1, 0.15) is 58.3 Å². The van der Waals surface area contributed by atoms with Gasteiger partial charge in [0.05, 0.1) is 18.6 Å². The number of unbranched alkanes of at least 4 members (excludes halogenated alkanes) is 3. The summed E-state index contributed by atoms with van der Waals surface area (Å²) in [7, 11) is 0. The van der Waals surface area contributed by atoms with Gasteiger partial charge in [-0.2, -0.15) is 0 Å². The summed E-state index contributed by atoms with van der Waals surface area (Å²) in [6, 6.07) is -0.995. The molecule has 0 rings (SSSR count). The van der Waals surface area contributed by atoms with E-state index in [1.54, 1.807) is 0 Å². The minimum absolute atomic E-state index is 0.00561. The lowest BCUT2D eigenvalue weighted by molar-refractivity contribution is -0.123. The summed E-state index contributed by atoms with van der Waals surface area (Å²) >= 11 is 0. The first-order valence-corrected chi connectivity index (χ1v) is 11.3. The minimum atomic E-state index is -0.921. The Hall–Kier alpha value is -2.15. The molecule has 2 atom stereocenters. The van der Waals surface area contributed by atoms with Crippen molar-refractivity contribution in [2.75, 3.05) is 39.4 Å². The summed E-state index contributed by atoms with van der Waals surface area (Å²) in [5, 5.41) is 5.22. The van der Waals surface area contributed by atoms with Crippen LogP contribution < -0.4 is 39.3 Å². The highest BCUT2D eigenvalue weighted by Gasteiger charge is 2.19. The van der Waals surface area contributed by atoms with Gasteiger partial charge in [-0.1, -0.05) is 26.2 Å². The van der Waals surface area contributed by atoms with E-state index in [4.69, 9.17) is 33.4 Å². The number of amides is 3. The highest BCUT2D eigenvalue weighted by atomic mass is 16.6. The highest BCUT2D eigenvalue weighted by molar-refractivity contribution is 5.81. The number of rotatable bonds is 17. The fourth-order valence-corrected chi connectivity index (χ4v) is 2.42. The average molecular weight is 464 g/mol. The van der Waals surface area contributed by atoms with Gasteiger partial charge in [-0.15, -0.1) is 0 Å². The van der Waals surface area contributed by atoms with Gasteiger partial charge in [0.2, 0.25) is 5.91 Å². The van der Waals surface area contributed by atoms with Crippen molar-refractivity contribution in [3.05, 3.63) is 0 Å². The monoisotopic (exact) mass is 463 g/mol. The van der Waals surface area contributed by atoms with Crippen molar-refractivity contribution in [3.63, 3.8) is 0 Å². The number of primary amides is 1. The third-order valence-electron chi connectivity index (χ3n) is 4.25. The zero-order valence-corrected chi connectivity index (χ0v) is 19.5. The molecule has 0 heterocycles. The molecule has 0 aliphatic heterocycles. The quantitative estimate of drug-likeness (QED) is 0.139. The molecule has 12 heteroatoms. The van der Waals surface area contributed by atoms with Gasteiger partial charge in [0.1, 0.15) is 13.2 Å². The maximum absolute atomic E-state index is 12.2. The second-order valence-electron chi connectivity index (χ2n) is 7.22. The van der Waals surface area contributed by atoms with Gasteiger partial charge in [0.15, 0.2) is 0 Å². The number of carbonyl (C=O) groups is 3. The van der Waals surface area contributed by atoms with Crippen molar-refractivity contribution in [2.45, 2.75) is 70.4 Å². The summed E-state index contributed by atoms with van der Waals surface area (Å²) in [4.78, 5) is 34.2. The summed E-state index contributed by atoms with van der Waals surface area (Å²) in [6.07, 6.45) is 5.09. The lowest BCUT2D eigenvalue weighted by Gasteiger charge is -2.21. The first-order valence-electron chi connectivity index (χ1n) is 11.3. The molecule has 2 unspecified atom stereocenters. The van der Waals surface area contributed by atoms with E-state index in [9.17, 15) is 14.4 Å². The summed E-state index contributed by atoms with van der Waals surface area (Å²) in [6.45, 7) is 4.08. The third-order valence-corrected chi connectivity index (χ3v) is 4.25. The van der Waals surface area contributed by atoms with E-state index >= 15 is 0 Å². The highest BCUT2D eigenvalue weighted by Crippen LogP contribution is 2.04. The Bertz CT molecular complexity index is 481. The van der Waals surface area contributed by atoms with Crippen LogP contribution in [0.15, 0.2) is 0 Å². The third kappa shape index (κ3) is 22.5. The predicted octanol–water partition coefficient (Wildman–Crippen LogP) is -0.377. The van der Waals surface area contributed by atoms with E-state index in [0.717, 1.165) is 32.2 Å². The standard InChI is InChI=1S/C16H34N6O5.C4H11N/c17-7-3-1-5-12(22-14(23)13(19)6-2-4-8-18)11-27-16(25)21-9-10-26-15(20)24;1-2-3-4-5/h12-13H,1-11,17-19H2,(H2,20,24)(H,21,25)(H,22,23);2-5H2,1H3. The van der Waals surface area contributed by atoms with Crippen LogP contribution in [0.5, 0.6) is 0 Å². The Morgan fingerprint density at radius 3 is 1.97 bits per heavy atom. The zero-order valence-electron chi connectivity index (χ0n) is 19.5. The van der Waals surface area contributed by atoms with Crippen molar-refractivity contribution >= 4 is 18.1 Å². The summed E-state index contributed by atoms with van der Waals surface area (Å²) in [5.41, 5.74) is 26.7. The van der Waals surface area contributed by atoms with Crippen molar-refractivity contribution in [1.29, 1.82) is 0 Å². The fourth-order valence-electron chi connectivity index (χ4n) is 2.42. The molecule has 190 valence electrons. The number of ether oxygens (including phenoxy) is 2. The number of hydrogen-bond acceptors (Lipinski definition) is 9. The van der Waals surface area contributed by atoms with Crippen molar-refractivity contribution in [3.8, 4) is 0 Å². The summed E-state index contributed by atoms with van der Waals surface area (Å²) < 4.78 is 9.58. The molecule has 0 saturated heterocycles. The van der Waals surface area contributed by atoms with E-state index in [2.05, 4.69) is 22.3 Å². The molecular formula is C20H45N7O5. The Labute approximate surface area is 191 Å². The second-order valence-corrected chi connectivity index (χ2v) is 7.22. The van der Waals surface area contributed by atoms with Crippen LogP contribution in [-0.4, -0.2) is 69.6 Å². The Kier molecular flexibility index (Phi) is 23.5. The predicted molar refractivity (Wildman–Crippen MR) is 125 cm³/mol. The van der Waals surface area contributed by atoms with Crippen LogP contribution in [0.2, 0.25) is 0 Å². The molecule has 0 aromatic heterocycles. The molecule has 0 fully saturated rings. The average Bonchev–Trinajstić information content (AvgIpc) is 2.76. The lowest BCUT2D eigenvalue weighted by Crippen LogP contribution is -2.47. The van der Waals surface area contributed by atoms with Gasteiger partial charge < -0.3 is 48.8 Å². The van der Waals surface area contributed by atoms with E-state index in [-0.39, 0.29) is 31.7 Å². The van der Waals surface area contributed by atoms with Crippen LogP contribution in [0.4, 0.5) is 9.59 Å². The molecule has 0 saturated carbocycles. The van der Waals surface area contributed by atoms with Crippen LogP contribution in [-0.2, 0) is 14.3 Å². The maximum atomic E-state index is 12.2. The number of carbonyl (C=O) groups excluding carboxylic acids is 3. The Morgan fingerprint density at radius 2 is 1.47 bits per heavy atom. The van der Waals surface area contributed by atoms with Gasteiger partial charge in [0, 0.05) is 0 Å². The van der Waals surface area contributed by atoms with Gasteiger partial charge in [-0.25, -0.2) is 9.59 Å². The zero-order chi connectivity index (χ0) is 24.6. The minimum Gasteiger partial charge on any atom is -0.448 e. The lowest BCUT2D eigenvalue weighted by atomic mass is 10.1. The molecule has 12 N–H and O–H groups in total. The van der Waals surface area contributed by atoms with Gasteiger partial charge in [-0.05, 0) is 51.7 Å². The maximum Gasteiger partial charge on any atom is 0.407 e. The number of alkyl carbamates (subject to hydrolysis) is 1. The molecule has 0 aliphatic carbocycles. The molecule has 0 aromatic carbocycles. The molecule has 0 aromatic rings. The molecule has 0 bridgehead atoms. The fraction of sp³-hybridized carbons (Fsp3) is 0.850. The second kappa shape index (κ2) is 23.5. The van der Waals surface area contributed by atoms with Gasteiger partial charge in [0.25, 0.3) is 0 Å². The summed E-state index contributed by atoms with van der Waals surface area (Å²) in [5.74, 6) is -0.288. The van der Waals surface area contributed by atoms with Crippen LogP contribution in [0, 0.1) is 0 Å². The molecule has 32 heavy (non-hydrogen) atoms. The first-order chi connectivity index (χ1) is 15.3. The van der Waals surface area contributed by atoms with Crippen LogP contribution in [0.25, 0.3) is 0 Å². The van der Waals surface area contributed by atoms with E-state index in [1.807, 2.05) is 0 Å².